The molecule has 1 saturated heterocycles. The Balaban J connectivity index is 1.66. The van der Waals surface area contributed by atoms with Gasteiger partial charge < -0.3 is 11.1 Å². The van der Waals surface area contributed by atoms with Gasteiger partial charge in [0, 0.05) is 24.7 Å². The number of carbonyl (C=O) groups is 1. The third-order valence-corrected chi connectivity index (χ3v) is 3.76. The number of nitrogens with one attached hydrogen (secondary N) is 1. The summed E-state index contributed by atoms with van der Waals surface area (Å²) >= 11 is 0. The van der Waals surface area contributed by atoms with E-state index < -0.39 is 0 Å². The van der Waals surface area contributed by atoms with Gasteiger partial charge in [0.1, 0.15) is 0 Å². The largest absolute Gasteiger partial charge is 0.352 e. The van der Waals surface area contributed by atoms with Crippen molar-refractivity contribution in [1.29, 1.82) is 0 Å². The molecule has 1 saturated carbocycles. The Bertz CT molecular complexity index is 262. The van der Waals surface area contributed by atoms with Gasteiger partial charge in [-0.1, -0.05) is 25.7 Å². The topological polar surface area (TPSA) is 58.4 Å². The summed E-state index contributed by atoms with van der Waals surface area (Å²) in [6.45, 7) is 4.23. The lowest BCUT2D eigenvalue weighted by Gasteiger charge is -2.45. The fraction of sp³-hybridized carbons (Fsp3) is 0.923. The highest BCUT2D eigenvalue weighted by molar-refractivity contribution is 5.78. The van der Waals surface area contributed by atoms with Crippen LogP contribution >= 0.6 is 0 Å². The van der Waals surface area contributed by atoms with Gasteiger partial charge in [0.2, 0.25) is 5.91 Å². The van der Waals surface area contributed by atoms with Crippen LogP contribution in [0, 0.1) is 0 Å². The Morgan fingerprint density at radius 1 is 1.29 bits per heavy atom. The molecule has 0 radical (unpaired) electrons. The molecular formula is C13H25N3O. The van der Waals surface area contributed by atoms with Crippen molar-refractivity contribution in [1.82, 2.24) is 10.2 Å². The summed E-state index contributed by atoms with van der Waals surface area (Å²) in [5, 5.41) is 3.16. The molecule has 4 nitrogen and oxygen atoms in total. The number of nitrogens with zero attached hydrogens (tertiary/aromatic N) is 1. The molecule has 0 aromatic carbocycles. The van der Waals surface area contributed by atoms with Gasteiger partial charge in [-0.25, -0.2) is 0 Å². The van der Waals surface area contributed by atoms with E-state index in [4.69, 9.17) is 5.73 Å². The van der Waals surface area contributed by atoms with Crippen molar-refractivity contribution in [2.24, 2.45) is 5.73 Å². The third-order valence-electron chi connectivity index (χ3n) is 3.76. The van der Waals surface area contributed by atoms with Crippen LogP contribution in [0.1, 0.15) is 45.4 Å². The molecule has 2 rings (SSSR count). The molecule has 2 fully saturated rings. The van der Waals surface area contributed by atoms with E-state index in [1.807, 2.05) is 6.92 Å². The lowest BCUT2D eigenvalue weighted by Crippen LogP contribution is -2.66. The normalized spacial score (nSPS) is 26.0. The molecule has 3 N–H and O–H groups in total. The van der Waals surface area contributed by atoms with Crippen molar-refractivity contribution in [3.05, 3.63) is 0 Å². The van der Waals surface area contributed by atoms with E-state index in [1.54, 1.807) is 0 Å². The number of hydrogen-bond acceptors (Lipinski definition) is 3. The monoisotopic (exact) mass is 239 g/mol. The number of nitrogens with two attached hydrogens (primary N) is 1. The second-order valence-corrected chi connectivity index (χ2v) is 6.06. The highest BCUT2D eigenvalue weighted by atomic mass is 16.2. The average Bonchev–Trinajstić information content (AvgIpc) is 2.43. The summed E-state index contributed by atoms with van der Waals surface area (Å²) in [6.07, 6.45) is 7.47. The highest BCUT2D eigenvalue weighted by Crippen LogP contribution is 2.18. The first kappa shape index (κ1) is 12.8. The van der Waals surface area contributed by atoms with Crippen LogP contribution in [0.4, 0.5) is 0 Å². The molecule has 1 heterocycles. The maximum Gasteiger partial charge on any atom is 0.234 e. The van der Waals surface area contributed by atoms with Gasteiger partial charge >= 0.3 is 0 Å². The Kier molecular flexibility index (Phi) is 4.05. The summed E-state index contributed by atoms with van der Waals surface area (Å²) in [4.78, 5) is 14.0. The number of amides is 1. The zero-order valence-corrected chi connectivity index (χ0v) is 10.9. The maximum absolute atomic E-state index is 11.8. The lowest BCUT2D eigenvalue weighted by molar-refractivity contribution is -0.124. The summed E-state index contributed by atoms with van der Waals surface area (Å²) in [6, 6.07) is 0.413. The Labute approximate surface area is 104 Å². The second kappa shape index (κ2) is 5.36. The predicted octanol–water partition coefficient (Wildman–Crippen LogP) is 0.858. The van der Waals surface area contributed by atoms with Gasteiger partial charge in [-0.3, -0.25) is 9.69 Å². The molecule has 0 aromatic heterocycles. The lowest BCUT2D eigenvalue weighted by atomic mass is 9.94. The molecule has 2 aliphatic rings. The van der Waals surface area contributed by atoms with Crippen LogP contribution < -0.4 is 11.1 Å². The van der Waals surface area contributed by atoms with Crippen LogP contribution in [0.3, 0.4) is 0 Å². The van der Waals surface area contributed by atoms with Crippen LogP contribution in [0.25, 0.3) is 0 Å². The standard InChI is InChI=1S/C13H25N3O/c1-13(14)9-16(10-13)8-12(17)15-11-6-4-2-3-5-7-11/h11H,2-10,14H2,1H3,(H,15,17). The smallest absolute Gasteiger partial charge is 0.234 e. The second-order valence-electron chi connectivity index (χ2n) is 6.06. The third kappa shape index (κ3) is 3.96. The van der Waals surface area contributed by atoms with E-state index in [-0.39, 0.29) is 11.4 Å². The van der Waals surface area contributed by atoms with Gasteiger partial charge in [0.25, 0.3) is 0 Å². The van der Waals surface area contributed by atoms with Crippen LogP contribution in [-0.4, -0.2) is 42.0 Å². The zero-order chi connectivity index (χ0) is 12.3. The molecule has 1 aliphatic heterocycles. The van der Waals surface area contributed by atoms with Crippen LogP contribution in [0.2, 0.25) is 0 Å². The number of hydrogen-bond donors (Lipinski definition) is 2. The molecule has 0 atom stereocenters. The van der Waals surface area contributed by atoms with E-state index in [1.165, 1.54) is 25.7 Å². The highest BCUT2D eigenvalue weighted by Gasteiger charge is 2.35. The average molecular weight is 239 g/mol. The maximum atomic E-state index is 11.8. The van der Waals surface area contributed by atoms with Crippen molar-refractivity contribution >= 4 is 5.91 Å². The Hall–Kier alpha value is -0.610. The first-order chi connectivity index (χ1) is 8.05. The minimum absolute atomic E-state index is 0.0808. The molecule has 0 aromatic rings. The van der Waals surface area contributed by atoms with Gasteiger partial charge in [-0.15, -0.1) is 0 Å². The molecule has 0 bridgehead atoms. The molecule has 4 heteroatoms. The first-order valence-corrected chi connectivity index (χ1v) is 6.86. The number of rotatable bonds is 3. The van der Waals surface area contributed by atoms with E-state index >= 15 is 0 Å². The Morgan fingerprint density at radius 2 is 1.88 bits per heavy atom. The number of carbonyl (C=O) groups excluding carboxylic acids is 1. The van der Waals surface area contributed by atoms with Crippen molar-refractivity contribution in [3.63, 3.8) is 0 Å². The first-order valence-electron chi connectivity index (χ1n) is 6.86. The molecule has 1 amide bonds. The van der Waals surface area contributed by atoms with Crippen molar-refractivity contribution in [2.75, 3.05) is 19.6 Å². The molecule has 98 valence electrons. The summed E-state index contributed by atoms with van der Waals surface area (Å²) < 4.78 is 0. The molecule has 1 aliphatic carbocycles. The number of likely N-dealkylation sites (tertiary alicyclic amines) is 1. The predicted molar refractivity (Wildman–Crippen MR) is 68.7 cm³/mol. The van der Waals surface area contributed by atoms with Gasteiger partial charge in [-0.05, 0) is 19.8 Å². The zero-order valence-electron chi connectivity index (χ0n) is 10.9. The minimum Gasteiger partial charge on any atom is -0.352 e. The fourth-order valence-electron chi connectivity index (χ4n) is 2.99. The van der Waals surface area contributed by atoms with Crippen molar-refractivity contribution < 1.29 is 4.79 Å². The van der Waals surface area contributed by atoms with E-state index in [0.29, 0.717) is 12.6 Å². The molecule has 17 heavy (non-hydrogen) atoms. The fourth-order valence-corrected chi connectivity index (χ4v) is 2.99. The van der Waals surface area contributed by atoms with E-state index in [2.05, 4.69) is 10.2 Å². The van der Waals surface area contributed by atoms with Crippen molar-refractivity contribution in [2.45, 2.75) is 57.0 Å². The Morgan fingerprint density at radius 3 is 2.41 bits per heavy atom. The minimum atomic E-state index is -0.0808. The molecule has 0 unspecified atom stereocenters. The van der Waals surface area contributed by atoms with Crippen LogP contribution in [-0.2, 0) is 4.79 Å². The van der Waals surface area contributed by atoms with Gasteiger partial charge in [0.05, 0.1) is 6.54 Å². The molecule has 0 spiro atoms. The van der Waals surface area contributed by atoms with Crippen molar-refractivity contribution in [3.8, 4) is 0 Å². The molecular weight excluding hydrogens is 214 g/mol. The summed E-state index contributed by atoms with van der Waals surface area (Å²) in [7, 11) is 0. The SMILES string of the molecule is CC1(N)CN(CC(=O)NC2CCCCCC2)C1. The quantitative estimate of drug-likeness (QED) is 0.718. The van der Waals surface area contributed by atoms with Gasteiger partial charge in [0.15, 0.2) is 0 Å². The van der Waals surface area contributed by atoms with Gasteiger partial charge in [-0.2, -0.15) is 0 Å². The summed E-state index contributed by atoms with van der Waals surface area (Å²) in [5.74, 6) is 0.174. The summed E-state index contributed by atoms with van der Waals surface area (Å²) in [5.41, 5.74) is 5.84. The van der Waals surface area contributed by atoms with Crippen LogP contribution in [0.15, 0.2) is 0 Å². The van der Waals surface area contributed by atoms with Crippen LogP contribution in [0.5, 0.6) is 0 Å². The van der Waals surface area contributed by atoms with E-state index in [9.17, 15) is 4.79 Å². The van der Waals surface area contributed by atoms with E-state index in [0.717, 1.165) is 25.9 Å².